The van der Waals surface area contributed by atoms with E-state index in [1.54, 1.807) is 0 Å². The van der Waals surface area contributed by atoms with Crippen molar-refractivity contribution in [1.29, 1.82) is 0 Å². The largest absolute Gasteiger partial charge is 0.339 e. The quantitative estimate of drug-likeness (QED) is 0.928. The highest BCUT2D eigenvalue weighted by Gasteiger charge is 2.38. The van der Waals surface area contributed by atoms with Gasteiger partial charge in [-0.2, -0.15) is 0 Å². The highest BCUT2D eigenvalue weighted by molar-refractivity contribution is 5.80. The van der Waals surface area contributed by atoms with Crippen molar-refractivity contribution in [2.45, 2.75) is 57.5 Å². The summed E-state index contributed by atoms with van der Waals surface area (Å²) in [5.41, 5.74) is 7.42. The number of rotatable bonds is 3. The van der Waals surface area contributed by atoms with Crippen LogP contribution in [0, 0.1) is 11.8 Å². The number of carbonyl (C=O) groups excluding carboxylic acids is 1. The lowest BCUT2D eigenvalue weighted by atomic mass is 9.77. The van der Waals surface area contributed by atoms with Crippen LogP contribution in [0.3, 0.4) is 0 Å². The van der Waals surface area contributed by atoms with Gasteiger partial charge in [0.15, 0.2) is 0 Å². The molecule has 2 N–H and O–H groups in total. The molecule has 0 spiro atoms. The molecule has 120 valence electrons. The van der Waals surface area contributed by atoms with Crippen LogP contribution in [0.4, 0.5) is 0 Å². The molecule has 3 rings (SSSR count). The second-order valence-corrected chi connectivity index (χ2v) is 7.01. The van der Waals surface area contributed by atoms with Crippen molar-refractivity contribution < 1.29 is 4.79 Å². The summed E-state index contributed by atoms with van der Waals surface area (Å²) in [5.74, 6) is 0.836. The Bertz CT molecular complexity index is 499. The molecule has 2 fully saturated rings. The molecule has 1 heterocycles. The number of hydrogen-bond acceptors (Lipinski definition) is 2. The number of nitrogens with two attached hydrogens (primary N) is 1. The van der Waals surface area contributed by atoms with E-state index in [1.807, 2.05) is 37.3 Å². The lowest BCUT2D eigenvalue weighted by Crippen LogP contribution is -2.52. The van der Waals surface area contributed by atoms with Crippen molar-refractivity contribution in [3.8, 4) is 0 Å². The zero-order chi connectivity index (χ0) is 15.5. The minimum absolute atomic E-state index is 0.150. The first-order valence-electron chi connectivity index (χ1n) is 8.79. The normalized spacial score (nSPS) is 27.8. The standard InChI is InChI=1S/C19H28N2O/c1-14(18(20)16-9-3-2-4-10-16)19(22)21-13-7-11-15-8-5-6-12-17(15)21/h2-4,9-10,14-15,17-18H,5-8,11-13,20H2,1H3. The topological polar surface area (TPSA) is 46.3 Å². The Morgan fingerprint density at radius 1 is 1.14 bits per heavy atom. The van der Waals surface area contributed by atoms with Gasteiger partial charge in [0.05, 0.1) is 5.92 Å². The molecule has 1 aromatic carbocycles. The van der Waals surface area contributed by atoms with Gasteiger partial charge in [-0.1, -0.05) is 50.1 Å². The average molecular weight is 300 g/mol. The van der Waals surface area contributed by atoms with Crippen LogP contribution in [0.15, 0.2) is 30.3 Å². The van der Waals surface area contributed by atoms with Gasteiger partial charge in [0.25, 0.3) is 0 Å². The Morgan fingerprint density at radius 3 is 2.59 bits per heavy atom. The molecule has 2 aliphatic rings. The summed E-state index contributed by atoms with van der Waals surface area (Å²) < 4.78 is 0. The lowest BCUT2D eigenvalue weighted by molar-refractivity contribution is -0.142. The molecular formula is C19H28N2O. The molecule has 3 nitrogen and oxygen atoms in total. The smallest absolute Gasteiger partial charge is 0.227 e. The van der Waals surface area contributed by atoms with E-state index in [0.717, 1.165) is 24.4 Å². The highest BCUT2D eigenvalue weighted by Crippen LogP contribution is 2.36. The predicted molar refractivity (Wildman–Crippen MR) is 89.2 cm³/mol. The summed E-state index contributed by atoms with van der Waals surface area (Å²) in [7, 11) is 0. The monoisotopic (exact) mass is 300 g/mol. The van der Waals surface area contributed by atoms with Crippen LogP contribution < -0.4 is 5.73 Å². The fraction of sp³-hybridized carbons (Fsp3) is 0.632. The van der Waals surface area contributed by atoms with Gasteiger partial charge >= 0.3 is 0 Å². The van der Waals surface area contributed by atoms with Gasteiger partial charge < -0.3 is 10.6 Å². The maximum Gasteiger partial charge on any atom is 0.227 e. The number of likely N-dealkylation sites (tertiary alicyclic amines) is 1. The Balaban J connectivity index is 1.72. The van der Waals surface area contributed by atoms with E-state index in [-0.39, 0.29) is 17.9 Å². The van der Waals surface area contributed by atoms with Gasteiger partial charge in [-0.05, 0) is 37.2 Å². The van der Waals surface area contributed by atoms with Crippen LogP contribution in [-0.4, -0.2) is 23.4 Å². The van der Waals surface area contributed by atoms with Gasteiger partial charge in [-0.3, -0.25) is 4.79 Å². The first-order chi connectivity index (χ1) is 10.7. The van der Waals surface area contributed by atoms with Crippen LogP contribution in [0.2, 0.25) is 0 Å². The second-order valence-electron chi connectivity index (χ2n) is 7.01. The van der Waals surface area contributed by atoms with Gasteiger partial charge in [0, 0.05) is 18.6 Å². The molecule has 3 heteroatoms. The van der Waals surface area contributed by atoms with Crippen molar-refractivity contribution in [1.82, 2.24) is 4.90 Å². The van der Waals surface area contributed by atoms with Gasteiger partial charge in [0.2, 0.25) is 5.91 Å². The maximum absolute atomic E-state index is 13.0. The first-order valence-corrected chi connectivity index (χ1v) is 8.79. The molecular weight excluding hydrogens is 272 g/mol. The van der Waals surface area contributed by atoms with Crippen molar-refractivity contribution >= 4 is 5.91 Å². The summed E-state index contributed by atoms with van der Waals surface area (Å²) in [6.45, 7) is 2.91. The van der Waals surface area contributed by atoms with Crippen LogP contribution in [0.5, 0.6) is 0 Å². The number of hydrogen-bond donors (Lipinski definition) is 1. The second kappa shape index (κ2) is 6.82. The minimum atomic E-state index is -0.210. The zero-order valence-electron chi connectivity index (χ0n) is 13.6. The number of fused-ring (bicyclic) bond motifs is 1. The Kier molecular flexibility index (Phi) is 4.82. The summed E-state index contributed by atoms with van der Waals surface area (Å²) in [4.78, 5) is 15.2. The van der Waals surface area contributed by atoms with Crippen LogP contribution in [-0.2, 0) is 4.79 Å². The van der Waals surface area contributed by atoms with E-state index in [1.165, 1.54) is 32.1 Å². The molecule has 0 bridgehead atoms. The molecule has 0 aromatic heterocycles. The minimum Gasteiger partial charge on any atom is -0.339 e. The van der Waals surface area contributed by atoms with E-state index in [0.29, 0.717) is 6.04 Å². The maximum atomic E-state index is 13.0. The zero-order valence-corrected chi connectivity index (χ0v) is 13.6. The molecule has 0 radical (unpaired) electrons. The fourth-order valence-corrected chi connectivity index (χ4v) is 4.28. The van der Waals surface area contributed by atoms with E-state index in [4.69, 9.17) is 5.73 Å². The van der Waals surface area contributed by atoms with Crippen molar-refractivity contribution in [2.75, 3.05) is 6.54 Å². The Labute approximate surface area is 133 Å². The molecule has 1 aromatic rings. The summed E-state index contributed by atoms with van der Waals surface area (Å²) in [6.07, 6.45) is 7.54. The van der Waals surface area contributed by atoms with Crippen molar-refractivity contribution in [3.63, 3.8) is 0 Å². The first kappa shape index (κ1) is 15.5. The van der Waals surface area contributed by atoms with E-state index in [9.17, 15) is 4.79 Å². The third-order valence-electron chi connectivity index (χ3n) is 5.64. The Morgan fingerprint density at radius 2 is 1.82 bits per heavy atom. The predicted octanol–water partition coefficient (Wildman–Crippen LogP) is 3.50. The third kappa shape index (κ3) is 3.05. The van der Waals surface area contributed by atoms with Gasteiger partial charge in [-0.25, -0.2) is 0 Å². The number of piperidine rings is 1. The summed E-state index contributed by atoms with van der Waals surface area (Å²) >= 11 is 0. The molecule has 22 heavy (non-hydrogen) atoms. The third-order valence-corrected chi connectivity index (χ3v) is 5.64. The molecule has 1 amide bonds. The molecule has 4 unspecified atom stereocenters. The molecule has 1 saturated heterocycles. The van der Waals surface area contributed by atoms with Crippen molar-refractivity contribution in [2.24, 2.45) is 17.6 Å². The van der Waals surface area contributed by atoms with Crippen LogP contribution in [0.25, 0.3) is 0 Å². The summed E-state index contributed by atoms with van der Waals surface area (Å²) in [6, 6.07) is 10.3. The van der Waals surface area contributed by atoms with Gasteiger partial charge in [-0.15, -0.1) is 0 Å². The molecule has 1 aliphatic heterocycles. The fourth-order valence-electron chi connectivity index (χ4n) is 4.28. The van der Waals surface area contributed by atoms with E-state index in [2.05, 4.69) is 4.90 Å². The number of benzene rings is 1. The van der Waals surface area contributed by atoms with Crippen molar-refractivity contribution in [3.05, 3.63) is 35.9 Å². The Hall–Kier alpha value is -1.35. The van der Waals surface area contributed by atoms with Crippen LogP contribution >= 0.6 is 0 Å². The average Bonchev–Trinajstić information content (AvgIpc) is 2.60. The molecule has 1 saturated carbocycles. The summed E-state index contributed by atoms with van der Waals surface area (Å²) in [5, 5.41) is 0. The highest BCUT2D eigenvalue weighted by atomic mass is 16.2. The lowest BCUT2D eigenvalue weighted by Gasteiger charge is -2.45. The van der Waals surface area contributed by atoms with E-state index < -0.39 is 0 Å². The van der Waals surface area contributed by atoms with E-state index >= 15 is 0 Å². The van der Waals surface area contributed by atoms with Crippen LogP contribution in [0.1, 0.15) is 57.1 Å². The molecule has 4 atom stereocenters. The SMILES string of the molecule is CC(C(=O)N1CCCC2CCCCC21)C(N)c1ccccc1. The number of amides is 1. The number of carbonyl (C=O) groups is 1. The van der Waals surface area contributed by atoms with Gasteiger partial charge in [0.1, 0.15) is 0 Å². The molecule has 1 aliphatic carbocycles. The number of nitrogens with zero attached hydrogens (tertiary/aromatic N) is 1.